The molecule has 0 amide bonds. The van der Waals surface area contributed by atoms with Crippen LogP contribution < -0.4 is 5.73 Å². The van der Waals surface area contributed by atoms with Crippen LogP contribution in [-0.4, -0.2) is 31.5 Å². The Hall–Kier alpha value is -0.900. The summed E-state index contributed by atoms with van der Waals surface area (Å²) >= 11 is 0. The van der Waals surface area contributed by atoms with E-state index in [-0.39, 0.29) is 11.6 Å². The Balaban J connectivity index is 1.61. The molecule has 2 unspecified atom stereocenters. The number of aryl methyl sites for hydroxylation is 1. The van der Waals surface area contributed by atoms with Crippen molar-refractivity contribution in [2.24, 2.45) is 11.7 Å². The second kappa shape index (κ2) is 6.47. The lowest BCUT2D eigenvalue weighted by Gasteiger charge is -2.44. The second-order valence-electron chi connectivity index (χ2n) is 6.75. The summed E-state index contributed by atoms with van der Waals surface area (Å²) in [6.07, 6.45) is 5.22. The summed E-state index contributed by atoms with van der Waals surface area (Å²) in [7, 11) is 0. The van der Waals surface area contributed by atoms with Gasteiger partial charge in [-0.15, -0.1) is 0 Å². The molecule has 2 heterocycles. The summed E-state index contributed by atoms with van der Waals surface area (Å²) in [5.41, 5.74) is 9.22. The molecule has 2 aliphatic rings. The van der Waals surface area contributed by atoms with Crippen molar-refractivity contribution in [3.8, 4) is 0 Å². The lowest BCUT2D eigenvalue weighted by Crippen LogP contribution is -2.48. The number of hydrogen-bond donors (Lipinski definition) is 1. The number of ether oxygens (including phenoxy) is 2. The normalized spacial score (nSPS) is 26.7. The van der Waals surface area contributed by atoms with Crippen LogP contribution in [0.2, 0.25) is 0 Å². The van der Waals surface area contributed by atoms with Crippen LogP contribution in [0.4, 0.5) is 0 Å². The van der Waals surface area contributed by atoms with Gasteiger partial charge in [-0.2, -0.15) is 0 Å². The van der Waals surface area contributed by atoms with Gasteiger partial charge < -0.3 is 15.2 Å². The molecule has 0 bridgehead atoms. The molecule has 2 atom stereocenters. The third-order valence-corrected chi connectivity index (χ3v) is 5.13. The highest BCUT2D eigenvalue weighted by molar-refractivity contribution is 5.22. The summed E-state index contributed by atoms with van der Waals surface area (Å²) in [6.45, 7) is 4.64. The Morgan fingerprint density at radius 1 is 1.19 bits per heavy atom. The van der Waals surface area contributed by atoms with Crippen LogP contribution in [0, 0.1) is 12.8 Å². The van der Waals surface area contributed by atoms with E-state index in [9.17, 15) is 0 Å². The van der Waals surface area contributed by atoms with E-state index in [0.717, 1.165) is 51.9 Å². The molecule has 0 aromatic heterocycles. The maximum absolute atomic E-state index is 6.52. The average molecular weight is 289 g/mol. The predicted molar refractivity (Wildman–Crippen MR) is 84.3 cm³/mol. The zero-order valence-electron chi connectivity index (χ0n) is 13.0. The van der Waals surface area contributed by atoms with Crippen molar-refractivity contribution in [1.29, 1.82) is 0 Å². The van der Waals surface area contributed by atoms with Crippen molar-refractivity contribution in [2.45, 2.75) is 50.7 Å². The highest BCUT2D eigenvalue weighted by Crippen LogP contribution is 2.38. The molecule has 2 N–H and O–H groups in total. The van der Waals surface area contributed by atoms with Gasteiger partial charge in [-0.3, -0.25) is 0 Å². The van der Waals surface area contributed by atoms with Gasteiger partial charge in [0, 0.05) is 25.9 Å². The Labute approximate surface area is 127 Å². The van der Waals surface area contributed by atoms with Crippen LogP contribution in [0.15, 0.2) is 24.3 Å². The predicted octanol–water partition coefficient (Wildman–Crippen LogP) is 2.84. The molecule has 21 heavy (non-hydrogen) atoms. The van der Waals surface area contributed by atoms with Gasteiger partial charge in [-0.1, -0.05) is 29.8 Å². The maximum Gasteiger partial charge on any atom is 0.0729 e. The minimum atomic E-state index is 0.0477. The van der Waals surface area contributed by atoms with Crippen LogP contribution >= 0.6 is 0 Å². The van der Waals surface area contributed by atoms with Gasteiger partial charge in [-0.05, 0) is 50.5 Å². The van der Waals surface area contributed by atoms with E-state index in [1.54, 1.807) is 0 Å². The van der Waals surface area contributed by atoms with Gasteiger partial charge in [0.15, 0.2) is 0 Å². The van der Waals surface area contributed by atoms with E-state index in [0.29, 0.717) is 5.92 Å². The van der Waals surface area contributed by atoms with Crippen LogP contribution in [0.25, 0.3) is 0 Å². The number of rotatable bonds is 3. The summed E-state index contributed by atoms with van der Waals surface area (Å²) in [6, 6.07) is 8.99. The molecule has 3 nitrogen and oxygen atoms in total. The highest BCUT2D eigenvalue weighted by atomic mass is 16.5. The smallest absolute Gasteiger partial charge is 0.0729 e. The molecule has 1 aromatic rings. The van der Waals surface area contributed by atoms with E-state index in [4.69, 9.17) is 15.2 Å². The lowest BCUT2D eigenvalue weighted by molar-refractivity contribution is -0.149. The minimum Gasteiger partial charge on any atom is -0.381 e. The molecule has 3 heteroatoms. The first kappa shape index (κ1) is 15.0. The Bertz CT molecular complexity index is 445. The molecule has 2 aliphatic heterocycles. The summed E-state index contributed by atoms with van der Waals surface area (Å²) in [5, 5.41) is 0. The van der Waals surface area contributed by atoms with Crippen molar-refractivity contribution in [3.05, 3.63) is 35.4 Å². The van der Waals surface area contributed by atoms with Gasteiger partial charge in [0.2, 0.25) is 0 Å². The molecular weight excluding hydrogens is 262 g/mol. The van der Waals surface area contributed by atoms with E-state index < -0.39 is 0 Å². The monoisotopic (exact) mass is 289 g/mol. The zero-order valence-corrected chi connectivity index (χ0v) is 13.0. The Kier molecular flexibility index (Phi) is 4.63. The fourth-order valence-corrected chi connectivity index (χ4v) is 3.69. The van der Waals surface area contributed by atoms with Crippen LogP contribution in [0.1, 0.15) is 36.8 Å². The van der Waals surface area contributed by atoms with Gasteiger partial charge in [-0.25, -0.2) is 0 Å². The fourth-order valence-electron chi connectivity index (χ4n) is 3.69. The van der Waals surface area contributed by atoms with Crippen molar-refractivity contribution >= 4 is 0 Å². The van der Waals surface area contributed by atoms with E-state index in [1.165, 1.54) is 11.1 Å². The SMILES string of the molecule is Cc1ccc(CC(N)C2CCOC3(CCOCC3)C2)cc1. The first-order valence-electron chi connectivity index (χ1n) is 8.20. The average Bonchev–Trinajstić information content (AvgIpc) is 2.50. The third-order valence-electron chi connectivity index (χ3n) is 5.13. The van der Waals surface area contributed by atoms with Crippen LogP contribution in [-0.2, 0) is 15.9 Å². The maximum atomic E-state index is 6.52. The minimum absolute atomic E-state index is 0.0477. The summed E-state index contributed by atoms with van der Waals surface area (Å²) in [5.74, 6) is 0.568. The molecule has 1 aromatic carbocycles. The first-order chi connectivity index (χ1) is 10.2. The van der Waals surface area contributed by atoms with Crippen LogP contribution in [0.3, 0.4) is 0 Å². The second-order valence-corrected chi connectivity index (χ2v) is 6.75. The molecule has 0 saturated carbocycles. The topological polar surface area (TPSA) is 44.5 Å². The number of hydrogen-bond acceptors (Lipinski definition) is 3. The van der Waals surface area contributed by atoms with Crippen molar-refractivity contribution < 1.29 is 9.47 Å². The van der Waals surface area contributed by atoms with Crippen molar-refractivity contribution in [2.75, 3.05) is 19.8 Å². The van der Waals surface area contributed by atoms with E-state index in [2.05, 4.69) is 31.2 Å². The van der Waals surface area contributed by atoms with Gasteiger partial charge in [0.1, 0.15) is 0 Å². The molecule has 2 saturated heterocycles. The first-order valence-corrected chi connectivity index (χ1v) is 8.20. The zero-order chi connectivity index (χ0) is 14.7. The van der Waals surface area contributed by atoms with Gasteiger partial charge in [0.05, 0.1) is 5.60 Å². The summed E-state index contributed by atoms with van der Waals surface area (Å²) in [4.78, 5) is 0. The molecule has 1 spiro atoms. The molecule has 3 rings (SSSR count). The molecular formula is C18H27NO2. The Morgan fingerprint density at radius 2 is 1.90 bits per heavy atom. The Morgan fingerprint density at radius 3 is 2.62 bits per heavy atom. The quantitative estimate of drug-likeness (QED) is 0.930. The van der Waals surface area contributed by atoms with Crippen molar-refractivity contribution in [1.82, 2.24) is 0 Å². The summed E-state index contributed by atoms with van der Waals surface area (Å²) < 4.78 is 11.6. The molecule has 116 valence electrons. The van der Waals surface area contributed by atoms with Crippen molar-refractivity contribution in [3.63, 3.8) is 0 Å². The number of nitrogens with two attached hydrogens (primary N) is 1. The largest absolute Gasteiger partial charge is 0.381 e. The highest BCUT2D eigenvalue weighted by Gasteiger charge is 2.40. The van der Waals surface area contributed by atoms with E-state index >= 15 is 0 Å². The fraction of sp³-hybridized carbons (Fsp3) is 0.667. The third kappa shape index (κ3) is 3.65. The standard InChI is InChI=1S/C18H27NO2/c1-14-2-4-15(5-3-14)12-17(19)16-6-9-21-18(13-16)7-10-20-11-8-18/h2-5,16-17H,6-13,19H2,1H3. The lowest BCUT2D eigenvalue weighted by atomic mass is 9.77. The number of benzene rings is 1. The van der Waals surface area contributed by atoms with Gasteiger partial charge >= 0.3 is 0 Å². The molecule has 0 aliphatic carbocycles. The van der Waals surface area contributed by atoms with E-state index in [1.807, 2.05) is 0 Å². The van der Waals surface area contributed by atoms with Gasteiger partial charge in [0.25, 0.3) is 0 Å². The molecule has 0 radical (unpaired) electrons. The van der Waals surface area contributed by atoms with Crippen LogP contribution in [0.5, 0.6) is 0 Å². The molecule has 2 fully saturated rings.